The van der Waals surface area contributed by atoms with Crippen molar-refractivity contribution in [2.24, 2.45) is 7.05 Å². The van der Waals surface area contributed by atoms with Gasteiger partial charge in [-0.15, -0.1) is 0 Å². The lowest BCUT2D eigenvalue weighted by Crippen LogP contribution is -2.18. The van der Waals surface area contributed by atoms with Gasteiger partial charge in [-0.05, 0) is 12.1 Å². The zero-order chi connectivity index (χ0) is 19.6. The summed E-state index contributed by atoms with van der Waals surface area (Å²) in [6, 6.07) is 3.77. The number of nitrogens with one attached hydrogen (secondary N) is 2. The molecule has 0 fully saturated rings. The molecule has 3 heterocycles. The minimum atomic E-state index is -4.73. The number of imidazole rings is 1. The molecule has 27 heavy (non-hydrogen) atoms. The quantitative estimate of drug-likeness (QED) is 0.725. The van der Waals surface area contributed by atoms with E-state index in [9.17, 15) is 18.0 Å². The second kappa shape index (κ2) is 7.02. The summed E-state index contributed by atoms with van der Waals surface area (Å²) in [6.07, 6.45) is -0.649. The van der Waals surface area contributed by atoms with Crippen molar-refractivity contribution in [2.45, 2.75) is 6.18 Å². The number of nitrogens with zero attached hydrogens (tertiary/aromatic N) is 5. The molecular weight excluding hydrogens is 363 g/mol. The molecule has 3 rings (SSSR count). The van der Waals surface area contributed by atoms with E-state index < -0.39 is 23.5 Å². The number of amides is 1. The first kappa shape index (κ1) is 18.3. The van der Waals surface area contributed by atoms with E-state index >= 15 is 0 Å². The number of hydrogen-bond donors (Lipinski definition) is 2. The molecule has 0 bridgehead atoms. The van der Waals surface area contributed by atoms with Gasteiger partial charge in [-0.1, -0.05) is 0 Å². The maximum atomic E-state index is 13.2. The number of alkyl halides is 3. The van der Waals surface area contributed by atoms with Crippen LogP contribution in [0.25, 0.3) is 11.5 Å². The predicted molar refractivity (Wildman–Crippen MR) is 91.0 cm³/mol. The van der Waals surface area contributed by atoms with E-state index in [4.69, 9.17) is 0 Å². The van der Waals surface area contributed by atoms with Gasteiger partial charge in [-0.2, -0.15) is 13.2 Å². The van der Waals surface area contributed by atoms with Crippen LogP contribution < -0.4 is 10.6 Å². The Morgan fingerprint density at radius 2 is 1.96 bits per heavy atom. The molecule has 140 valence electrons. The summed E-state index contributed by atoms with van der Waals surface area (Å²) in [4.78, 5) is 27.8. The van der Waals surface area contributed by atoms with Gasteiger partial charge in [0.2, 0.25) is 0 Å². The highest BCUT2D eigenvalue weighted by molar-refractivity contribution is 6.03. The van der Waals surface area contributed by atoms with Crippen LogP contribution in [0.1, 0.15) is 16.2 Å². The van der Waals surface area contributed by atoms with Gasteiger partial charge >= 0.3 is 6.18 Å². The highest BCUT2D eigenvalue weighted by Gasteiger charge is 2.34. The van der Waals surface area contributed by atoms with Crippen molar-refractivity contribution in [3.63, 3.8) is 0 Å². The second-order valence-corrected chi connectivity index (χ2v) is 5.49. The number of anilines is 2. The SMILES string of the molecule is CNc1ccc(NC(=O)c2cc(C(F)(F)F)nc(-c3cncn3C)n2)cn1. The highest BCUT2D eigenvalue weighted by atomic mass is 19.4. The van der Waals surface area contributed by atoms with Crippen molar-refractivity contribution in [1.29, 1.82) is 0 Å². The van der Waals surface area contributed by atoms with E-state index in [1.165, 1.54) is 23.3 Å². The van der Waals surface area contributed by atoms with Crippen LogP contribution in [0.4, 0.5) is 24.7 Å². The van der Waals surface area contributed by atoms with E-state index in [1.807, 2.05) is 0 Å². The monoisotopic (exact) mass is 377 g/mol. The van der Waals surface area contributed by atoms with Gasteiger partial charge in [0, 0.05) is 20.2 Å². The molecule has 2 N–H and O–H groups in total. The number of aryl methyl sites for hydroxylation is 1. The van der Waals surface area contributed by atoms with Crippen LogP contribution in [0.15, 0.2) is 36.9 Å². The molecule has 0 aliphatic rings. The van der Waals surface area contributed by atoms with Crippen molar-refractivity contribution in [3.8, 4) is 11.5 Å². The predicted octanol–water partition coefficient (Wildman–Crippen LogP) is 2.58. The molecule has 0 aromatic carbocycles. The van der Waals surface area contributed by atoms with Crippen molar-refractivity contribution >= 4 is 17.4 Å². The van der Waals surface area contributed by atoms with Crippen LogP contribution in [0, 0.1) is 0 Å². The Morgan fingerprint density at radius 3 is 2.52 bits per heavy atom. The topological polar surface area (TPSA) is 97.6 Å². The Labute approximate surface area is 151 Å². The summed E-state index contributed by atoms with van der Waals surface area (Å²) in [5.74, 6) is -0.489. The lowest BCUT2D eigenvalue weighted by atomic mass is 10.2. The number of halogens is 3. The molecule has 11 heteroatoms. The highest BCUT2D eigenvalue weighted by Crippen LogP contribution is 2.29. The Balaban J connectivity index is 1.97. The number of aromatic nitrogens is 5. The summed E-state index contributed by atoms with van der Waals surface area (Å²) < 4.78 is 41.1. The molecule has 0 saturated carbocycles. The fraction of sp³-hybridized carbons (Fsp3) is 0.188. The van der Waals surface area contributed by atoms with E-state index in [2.05, 4.69) is 30.6 Å². The van der Waals surface area contributed by atoms with Crippen LogP contribution in [-0.2, 0) is 13.2 Å². The van der Waals surface area contributed by atoms with Gasteiger partial charge < -0.3 is 15.2 Å². The zero-order valence-corrected chi connectivity index (χ0v) is 14.2. The number of carbonyl (C=O) groups excluding carboxylic acids is 1. The minimum absolute atomic E-state index is 0.246. The number of carbonyl (C=O) groups is 1. The first-order valence-electron chi connectivity index (χ1n) is 7.66. The third kappa shape index (κ3) is 4.02. The molecular formula is C16H14F3N7O. The Bertz CT molecular complexity index is 967. The van der Waals surface area contributed by atoms with Crippen molar-refractivity contribution < 1.29 is 18.0 Å². The van der Waals surface area contributed by atoms with Gasteiger partial charge in [-0.3, -0.25) is 4.79 Å². The van der Waals surface area contributed by atoms with Crippen molar-refractivity contribution in [1.82, 2.24) is 24.5 Å². The molecule has 0 atom stereocenters. The van der Waals surface area contributed by atoms with Crippen LogP contribution in [0.2, 0.25) is 0 Å². The summed E-state index contributed by atoms with van der Waals surface area (Å²) in [5.41, 5.74) is -1.09. The van der Waals surface area contributed by atoms with Gasteiger partial charge in [-0.25, -0.2) is 19.9 Å². The average molecular weight is 377 g/mol. The lowest BCUT2D eigenvalue weighted by Gasteiger charge is -2.11. The van der Waals surface area contributed by atoms with Gasteiger partial charge in [0.15, 0.2) is 5.82 Å². The average Bonchev–Trinajstić information content (AvgIpc) is 3.07. The van der Waals surface area contributed by atoms with Gasteiger partial charge in [0.25, 0.3) is 5.91 Å². The Kier molecular flexibility index (Phi) is 4.75. The number of pyridine rings is 1. The van der Waals surface area contributed by atoms with Gasteiger partial charge in [0.05, 0.1) is 24.4 Å². The largest absolute Gasteiger partial charge is 0.433 e. The summed E-state index contributed by atoms with van der Waals surface area (Å²) in [7, 11) is 3.26. The maximum Gasteiger partial charge on any atom is 0.433 e. The lowest BCUT2D eigenvalue weighted by molar-refractivity contribution is -0.141. The molecule has 0 saturated heterocycles. The molecule has 0 radical (unpaired) electrons. The number of rotatable bonds is 4. The Morgan fingerprint density at radius 1 is 1.19 bits per heavy atom. The summed E-state index contributed by atoms with van der Waals surface area (Å²) >= 11 is 0. The fourth-order valence-corrected chi connectivity index (χ4v) is 2.21. The summed E-state index contributed by atoms with van der Waals surface area (Å²) in [5, 5.41) is 5.28. The molecule has 0 aliphatic carbocycles. The molecule has 0 aliphatic heterocycles. The normalized spacial score (nSPS) is 11.3. The van der Waals surface area contributed by atoms with Crippen LogP contribution >= 0.6 is 0 Å². The van der Waals surface area contributed by atoms with Crippen LogP contribution in [0.3, 0.4) is 0 Å². The van der Waals surface area contributed by atoms with Crippen molar-refractivity contribution in [2.75, 3.05) is 17.7 Å². The third-order valence-corrected chi connectivity index (χ3v) is 3.57. The van der Waals surface area contributed by atoms with Crippen LogP contribution in [-0.4, -0.2) is 37.5 Å². The smallest absolute Gasteiger partial charge is 0.373 e. The third-order valence-electron chi connectivity index (χ3n) is 3.57. The molecule has 3 aromatic heterocycles. The fourth-order valence-electron chi connectivity index (χ4n) is 2.21. The first-order chi connectivity index (χ1) is 12.8. The first-order valence-corrected chi connectivity index (χ1v) is 7.66. The molecule has 0 spiro atoms. The van der Waals surface area contributed by atoms with E-state index in [-0.39, 0.29) is 11.5 Å². The number of hydrogen-bond acceptors (Lipinski definition) is 6. The molecule has 3 aromatic rings. The van der Waals surface area contributed by atoms with E-state index in [1.54, 1.807) is 26.2 Å². The van der Waals surface area contributed by atoms with Gasteiger partial charge in [0.1, 0.15) is 22.9 Å². The Hall–Kier alpha value is -3.50. The standard InChI is InChI=1S/C16H14F3N7O/c1-20-13-4-3-9(6-22-13)23-15(27)10-5-12(16(17,18)19)25-14(24-10)11-7-21-8-26(11)2/h3-8H,1-2H3,(H,20,22)(H,23,27). The van der Waals surface area contributed by atoms with E-state index in [0.717, 1.165) is 0 Å². The van der Waals surface area contributed by atoms with Crippen LogP contribution in [0.5, 0.6) is 0 Å². The maximum absolute atomic E-state index is 13.2. The molecule has 0 unspecified atom stereocenters. The zero-order valence-electron chi connectivity index (χ0n) is 14.2. The molecule has 8 nitrogen and oxygen atoms in total. The minimum Gasteiger partial charge on any atom is -0.373 e. The van der Waals surface area contributed by atoms with E-state index in [0.29, 0.717) is 17.6 Å². The summed E-state index contributed by atoms with van der Waals surface area (Å²) in [6.45, 7) is 0. The molecule has 1 amide bonds. The second-order valence-electron chi connectivity index (χ2n) is 5.49. The van der Waals surface area contributed by atoms with Crippen molar-refractivity contribution in [3.05, 3.63) is 48.3 Å².